The quantitative estimate of drug-likeness (QED) is 0.576. The van der Waals surface area contributed by atoms with Crippen molar-refractivity contribution in [2.24, 2.45) is 0 Å². The van der Waals surface area contributed by atoms with Crippen LogP contribution >= 0.6 is 0 Å². The fourth-order valence-corrected chi connectivity index (χ4v) is 2.75. The SMILES string of the molecule is CCOC(=O)[C@@H](Cc1ccc(OC[C@@H](O)c2cccc(CO)c2)cc1)OCC. The summed E-state index contributed by atoms with van der Waals surface area (Å²) in [7, 11) is 0. The Morgan fingerprint density at radius 3 is 2.43 bits per heavy atom. The second-order valence-corrected chi connectivity index (χ2v) is 6.27. The number of hydrogen-bond donors (Lipinski definition) is 2. The van der Waals surface area contributed by atoms with Crippen LogP contribution in [-0.2, 0) is 27.3 Å². The molecule has 0 radical (unpaired) electrons. The van der Waals surface area contributed by atoms with E-state index in [0.717, 1.165) is 11.1 Å². The number of benzene rings is 2. The molecule has 2 N–H and O–H groups in total. The van der Waals surface area contributed by atoms with E-state index in [1.54, 1.807) is 43.3 Å². The molecule has 6 heteroatoms. The van der Waals surface area contributed by atoms with Gasteiger partial charge in [0.05, 0.1) is 13.2 Å². The second-order valence-electron chi connectivity index (χ2n) is 6.27. The zero-order chi connectivity index (χ0) is 20.4. The lowest BCUT2D eigenvalue weighted by Gasteiger charge is -2.16. The first kappa shape index (κ1) is 21.9. The number of aliphatic hydroxyl groups excluding tert-OH is 2. The fraction of sp³-hybridized carbons (Fsp3) is 0.409. The third-order valence-corrected chi connectivity index (χ3v) is 4.19. The molecule has 0 aliphatic heterocycles. The molecule has 6 nitrogen and oxygen atoms in total. The van der Waals surface area contributed by atoms with Gasteiger partial charge in [0, 0.05) is 13.0 Å². The molecular weight excluding hydrogens is 360 g/mol. The lowest BCUT2D eigenvalue weighted by molar-refractivity contribution is -0.156. The Morgan fingerprint density at radius 1 is 1.04 bits per heavy atom. The van der Waals surface area contributed by atoms with E-state index in [4.69, 9.17) is 14.2 Å². The number of carbonyl (C=O) groups is 1. The third-order valence-electron chi connectivity index (χ3n) is 4.19. The molecule has 0 aliphatic rings. The number of esters is 1. The predicted molar refractivity (Wildman–Crippen MR) is 105 cm³/mol. The van der Waals surface area contributed by atoms with Gasteiger partial charge in [-0.2, -0.15) is 0 Å². The molecule has 0 aromatic heterocycles. The van der Waals surface area contributed by atoms with E-state index in [0.29, 0.717) is 30.9 Å². The molecule has 2 aromatic carbocycles. The van der Waals surface area contributed by atoms with Crippen molar-refractivity contribution in [1.29, 1.82) is 0 Å². The zero-order valence-corrected chi connectivity index (χ0v) is 16.3. The van der Waals surface area contributed by atoms with Crippen LogP contribution in [0.4, 0.5) is 0 Å². The molecule has 0 saturated heterocycles. The Labute approximate surface area is 165 Å². The molecule has 2 atom stereocenters. The van der Waals surface area contributed by atoms with E-state index in [1.165, 1.54) is 0 Å². The molecule has 2 aromatic rings. The molecular formula is C22H28O6. The van der Waals surface area contributed by atoms with Crippen molar-refractivity contribution < 1.29 is 29.2 Å². The lowest BCUT2D eigenvalue weighted by Crippen LogP contribution is -2.28. The maximum absolute atomic E-state index is 11.9. The summed E-state index contributed by atoms with van der Waals surface area (Å²) in [6, 6.07) is 14.4. The van der Waals surface area contributed by atoms with Crippen LogP contribution in [-0.4, -0.2) is 42.1 Å². The van der Waals surface area contributed by atoms with Crippen LogP contribution in [0.5, 0.6) is 5.75 Å². The van der Waals surface area contributed by atoms with Crippen molar-refractivity contribution in [3.8, 4) is 5.75 Å². The van der Waals surface area contributed by atoms with Gasteiger partial charge in [-0.3, -0.25) is 0 Å². The summed E-state index contributed by atoms with van der Waals surface area (Å²) in [5.41, 5.74) is 2.36. The Balaban J connectivity index is 1.91. The summed E-state index contributed by atoms with van der Waals surface area (Å²) >= 11 is 0. The minimum Gasteiger partial charge on any atom is -0.491 e. The first-order chi connectivity index (χ1) is 13.6. The Kier molecular flexibility index (Phi) is 8.94. The minimum absolute atomic E-state index is 0.0720. The van der Waals surface area contributed by atoms with Gasteiger partial charge in [0.15, 0.2) is 6.10 Å². The molecule has 0 spiro atoms. The smallest absolute Gasteiger partial charge is 0.335 e. The van der Waals surface area contributed by atoms with Crippen LogP contribution in [0, 0.1) is 0 Å². The van der Waals surface area contributed by atoms with Gasteiger partial charge >= 0.3 is 5.97 Å². The zero-order valence-electron chi connectivity index (χ0n) is 16.3. The first-order valence-corrected chi connectivity index (χ1v) is 9.45. The van der Waals surface area contributed by atoms with Gasteiger partial charge in [0.1, 0.15) is 18.5 Å². The largest absolute Gasteiger partial charge is 0.491 e. The summed E-state index contributed by atoms with van der Waals surface area (Å²) in [6.07, 6.45) is -1.00. The average molecular weight is 388 g/mol. The normalized spacial score (nSPS) is 13.0. The highest BCUT2D eigenvalue weighted by molar-refractivity contribution is 5.75. The van der Waals surface area contributed by atoms with Crippen LogP contribution in [0.1, 0.15) is 36.6 Å². The summed E-state index contributed by atoms with van der Waals surface area (Å²) in [5, 5.41) is 19.5. The van der Waals surface area contributed by atoms with E-state index in [9.17, 15) is 15.0 Å². The maximum atomic E-state index is 11.9. The Morgan fingerprint density at radius 2 is 1.79 bits per heavy atom. The summed E-state index contributed by atoms with van der Waals surface area (Å²) in [5.74, 6) is 0.253. The van der Waals surface area contributed by atoms with Crippen LogP contribution in [0.3, 0.4) is 0 Å². The molecule has 28 heavy (non-hydrogen) atoms. The van der Waals surface area contributed by atoms with Crippen molar-refractivity contribution in [3.63, 3.8) is 0 Å². The Hall–Kier alpha value is -2.41. The molecule has 0 heterocycles. The van der Waals surface area contributed by atoms with Crippen LogP contribution in [0.2, 0.25) is 0 Å². The van der Waals surface area contributed by atoms with Crippen molar-refractivity contribution >= 4 is 5.97 Å². The Bertz CT molecular complexity index is 728. The molecule has 2 rings (SSSR count). The highest BCUT2D eigenvalue weighted by atomic mass is 16.6. The van der Waals surface area contributed by atoms with E-state index in [-0.39, 0.29) is 19.2 Å². The summed E-state index contributed by atoms with van der Waals surface area (Å²) < 4.78 is 16.2. The molecule has 0 unspecified atom stereocenters. The summed E-state index contributed by atoms with van der Waals surface area (Å²) in [6.45, 7) is 4.38. The standard InChI is InChI=1S/C22H28O6/c1-3-26-21(22(25)27-4-2)13-16-8-10-19(11-9-16)28-15-20(24)18-7-5-6-17(12-18)14-23/h5-12,20-21,23-24H,3-4,13-15H2,1-2H3/t20-,21-/m1/s1. The molecule has 0 bridgehead atoms. The lowest BCUT2D eigenvalue weighted by atomic mass is 10.1. The molecule has 0 saturated carbocycles. The van der Waals surface area contributed by atoms with Crippen molar-refractivity contribution in [2.75, 3.05) is 19.8 Å². The van der Waals surface area contributed by atoms with Gasteiger partial charge in [0.2, 0.25) is 0 Å². The molecule has 0 aliphatic carbocycles. The first-order valence-electron chi connectivity index (χ1n) is 9.45. The van der Waals surface area contributed by atoms with Gasteiger partial charge in [-0.05, 0) is 42.7 Å². The number of ether oxygens (including phenoxy) is 3. The number of rotatable bonds is 11. The number of aliphatic hydroxyl groups is 2. The summed E-state index contributed by atoms with van der Waals surface area (Å²) in [4.78, 5) is 11.9. The van der Waals surface area contributed by atoms with Crippen LogP contribution in [0.25, 0.3) is 0 Å². The van der Waals surface area contributed by atoms with Crippen LogP contribution < -0.4 is 4.74 Å². The minimum atomic E-state index is -0.794. The van der Waals surface area contributed by atoms with Gasteiger partial charge in [0.25, 0.3) is 0 Å². The highest BCUT2D eigenvalue weighted by Crippen LogP contribution is 2.19. The van der Waals surface area contributed by atoms with Crippen molar-refractivity contribution in [1.82, 2.24) is 0 Å². The highest BCUT2D eigenvalue weighted by Gasteiger charge is 2.20. The predicted octanol–water partition coefficient (Wildman–Crippen LogP) is 2.80. The second kappa shape index (κ2) is 11.4. The molecule has 0 amide bonds. The monoisotopic (exact) mass is 388 g/mol. The van der Waals surface area contributed by atoms with E-state index in [1.807, 2.05) is 19.1 Å². The molecule has 152 valence electrons. The van der Waals surface area contributed by atoms with Gasteiger partial charge in [-0.15, -0.1) is 0 Å². The number of carbonyl (C=O) groups excluding carboxylic acids is 1. The van der Waals surface area contributed by atoms with Crippen LogP contribution in [0.15, 0.2) is 48.5 Å². The maximum Gasteiger partial charge on any atom is 0.335 e. The molecule has 0 fully saturated rings. The van der Waals surface area contributed by atoms with E-state index in [2.05, 4.69) is 0 Å². The van der Waals surface area contributed by atoms with E-state index >= 15 is 0 Å². The van der Waals surface area contributed by atoms with Gasteiger partial charge < -0.3 is 24.4 Å². The van der Waals surface area contributed by atoms with Crippen molar-refractivity contribution in [2.45, 2.75) is 39.1 Å². The van der Waals surface area contributed by atoms with Crippen molar-refractivity contribution in [3.05, 3.63) is 65.2 Å². The van der Waals surface area contributed by atoms with Gasteiger partial charge in [-0.25, -0.2) is 4.79 Å². The number of hydrogen-bond acceptors (Lipinski definition) is 6. The third kappa shape index (κ3) is 6.64. The fourth-order valence-electron chi connectivity index (χ4n) is 2.75. The van der Waals surface area contributed by atoms with Gasteiger partial charge in [-0.1, -0.05) is 36.4 Å². The van der Waals surface area contributed by atoms with E-state index < -0.39 is 12.2 Å². The average Bonchev–Trinajstić information content (AvgIpc) is 2.72. The topological polar surface area (TPSA) is 85.2 Å².